The van der Waals surface area contributed by atoms with Crippen LogP contribution in [-0.2, 0) is 4.84 Å². The van der Waals surface area contributed by atoms with E-state index in [-0.39, 0.29) is 6.10 Å². The third-order valence-electron chi connectivity index (χ3n) is 2.43. The molecule has 0 amide bonds. The van der Waals surface area contributed by atoms with Gasteiger partial charge in [0.05, 0.1) is 0 Å². The van der Waals surface area contributed by atoms with Gasteiger partial charge in [0.15, 0.2) is 0 Å². The maximum Gasteiger partial charge on any atom is 0.130 e. The predicted octanol–water partition coefficient (Wildman–Crippen LogP) is 3.43. The summed E-state index contributed by atoms with van der Waals surface area (Å²) in [6.07, 6.45) is -0.239. The van der Waals surface area contributed by atoms with Gasteiger partial charge in [0.25, 0.3) is 0 Å². The maximum absolute atomic E-state index is 5.38. The molecule has 1 unspecified atom stereocenters. The molecule has 0 aromatic heterocycles. The highest BCUT2D eigenvalue weighted by Gasteiger charge is 2.15. The molecule has 1 atom stereocenters. The normalized spacial score (nSPS) is 12.4. The molecule has 0 heterocycles. The van der Waals surface area contributed by atoms with E-state index in [4.69, 9.17) is 10.7 Å². The molecule has 0 aliphatic carbocycles. The molecule has 0 radical (unpaired) electrons. The lowest BCUT2D eigenvalue weighted by molar-refractivity contribution is 0.0809. The molecule has 2 N–H and O–H groups in total. The standard InChI is InChI=1S/C13H12BrNO/c14-12-9-5-4-8-11(12)13(16-15)10-6-2-1-3-7-10/h1-9,13H,15H2. The molecule has 0 aliphatic rings. The van der Waals surface area contributed by atoms with Crippen LogP contribution in [0.3, 0.4) is 0 Å². The molecule has 0 fully saturated rings. The van der Waals surface area contributed by atoms with Gasteiger partial charge in [-0.25, -0.2) is 5.90 Å². The minimum atomic E-state index is -0.239. The Morgan fingerprint density at radius 1 is 0.938 bits per heavy atom. The van der Waals surface area contributed by atoms with Crippen LogP contribution in [0.2, 0.25) is 0 Å². The Hall–Kier alpha value is -1.16. The largest absolute Gasteiger partial charge is 0.292 e. The van der Waals surface area contributed by atoms with Crippen LogP contribution in [-0.4, -0.2) is 0 Å². The van der Waals surface area contributed by atoms with Crippen LogP contribution in [0.5, 0.6) is 0 Å². The van der Waals surface area contributed by atoms with Crippen molar-refractivity contribution in [3.05, 3.63) is 70.2 Å². The van der Waals surface area contributed by atoms with E-state index in [1.54, 1.807) is 0 Å². The summed E-state index contributed by atoms with van der Waals surface area (Å²) in [5.41, 5.74) is 2.06. The number of hydrogen-bond donors (Lipinski definition) is 1. The van der Waals surface area contributed by atoms with Crippen molar-refractivity contribution in [1.29, 1.82) is 0 Å². The van der Waals surface area contributed by atoms with E-state index in [1.807, 2.05) is 54.6 Å². The summed E-state index contributed by atoms with van der Waals surface area (Å²) in [6.45, 7) is 0. The van der Waals surface area contributed by atoms with E-state index >= 15 is 0 Å². The van der Waals surface area contributed by atoms with Crippen molar-refractivity contribution in [1.82, 2.24) is 0 Å². The lowest BCUT2D eigenvalue weighted by Crippen LogP contribution is -2.11. The summed E-state index contributed by atoms with van der Waals surface area (Å²) in [7, 11) is 0. The van der Waals surface area contributed by atoms with Gasteiger partial charge in [0.1, 0.15) is 6.10 Å². The van der Waals surface area contributed by atoms with Crippen LogP contribution in [0.25, 0.3) is 0 Å². The molecule has 16 heavy (non-hydrogen) atoms. The molecule has 0 aliphatic heterocycles. The Balaban J connectivity index is 2.41. The number of rotatable bonds is 3. The average molecular weight is 278 g/mol. The van der Waals surface area contributed by atoms with Gasteiger partial charge in [-0.2, -0.15) is 0 Å². The van der Waals surface area contributed by atoms with Crippen molar-refractivity contribution >= 4 is 15.9 Å². The Morgan fingerprint density at radius 2 is 1.56 bits per heavy atom. The van der Waals surface area contributed by atoms with Crippen LogP contribution >= 0.6 is 15.9 Å². The van der Waals surface area contributed by atoms with E-state index in [2.05, 4.69) is 15.9 Å². The van der Waals surface area contributed by atoms with Gasteiger partial charge in [0, 0.05) is 10.0 Å². The van der Waals surface area contributed by atoms with Gasteiger partial charge in [-0.15, -0.1) is 0 Å². The van der Waals surface area contributed by atoms with Crippen molar-refractivity contribution in [2.75, 3.05) is 0 Å². The fourth-order valence-electron chi connectivity index (χ4n) is 1.65. The first-order valence-electron chi connectivity index (χ1n) is 4.98. The van der Waals surface area contributed by atoms with E-state index in [0.29, 0.717) is 0 Å². The fourth-order valence-corrected chi connectivity index (χ4v) is 2.14. The SMILES string of the molecule is NOC(c1ccccc1)c1ccccc1Br. The molecule has 2 aromatic rings. The van der Waals surface area contributed by atoms with Gasteiger partial charge in [0.2, 0.25) is 0 Å². The summed E-state index contributed by atoms with van der Waals surface area (Å²) in [6, 6.07) is 17.8. The molecule has 0 spiro atoms. The average Bonchev–Trinajstić information content (AvgIpc) is 2.34. The van der Waals surface area contributed by atoms with Gasteiger partial charge in [-0.05, 0) is 11.6 Å². The molecule has 2 rings (SSSR count). The number of halogens is 1. The van der Waals surface area contributed by atoms with Crippen molar-refractivity contribution in [3.8, 4) is 0 Å². The number of nitrogens with two attached hydrogens (primary N) is 1. The second-order valence-electron chi connectivity index (χ2n) is 3.45. The van der Waals surface area contributed by atoms with Gasteiger partial charge in [-0.1, -0.05) is 64.5 Å². The molecule has 3 heteroatoms. The molecular formula is C13H12BrNO. The Labute approximate surface area is 103 Å². The zero-order valence-corrected chi connectivity index (χ0v) is 10.2. The van der Waals surface area contributed by atoms with Gasteiger partial charge < -0.3 is 0 Å². The third-order valence-corrected chi connectivity index (χ3v) is 3.15. The highest BCUT2D eigenvalue weighted by atomic mass is 79.9. The summed E-state index contributed by atoms with van der Waals surface area (Å²) in [4.78, 5) is 5.07. The van der Waals surface area contributed by atoms with E-state index in [0.717, 1.165) is 15.6 Å². The van der Waals surface area contributed by atoms with Gasteiger partial charge >= 0.3 is 0 Å². The molecule has 2 aromatic carbocycles. The summed E-state index contributed by atoms with van der Waals surface area (Å²) in [5.74, 6) is 5.38. The quantitative estimate of drug-likeness (QED) is 0.873. The molecular weight excluding hydrogens is 266 g/mol. The van der Waals surface area contributed by atoms with E-state index in [1.165, 1.54) is 0 Å². The first-order chi connectivity index (χ1) is 7.83. The minimum absolute atomic E-state index is 0.239. The minimum Gasteiger partial charge on any atom is -0.292 e. The van der Waals surface area contributed by atoms with Crippen LogP contribution in [0.1, 0.15) is 17.2 Å². The Morgan fingerprint density at radius 3 is 2.19 bits per heavy atom. The first-order valence-corrected chi connectivity index (χ1v) is 5.77. The summed E-state index contributed by atoms with van der Waals surface area (Å²) in [5, 5.41) is 0. The third kappa shape index (κ3) is 2.32. The first kappa shape index (κ1) is 11.3. The number of hydrogen-bond acceptors (Lipinski definition) is 2. The fraction of sp³-hybridized carbons (Fsp3) is 0.0769. The highest BCUT2D eigenvalue weighted by Crippen LogP contribution is 2.29. The Kier molecular flexibility index (Phi) is 3.72. The predicted molar refractivity (Wildman–Crippen MR) is 67.7 cm³/mol. The van der Waals surface area contributed by atoms with Crippen molar-refractivity contribution in [2.45, 2.75) is 6.10 Å². The zero-order valence-electron chi connectivity index (χ0n) is 8.64. The van der Waals surface area contributed by atoms with E-state index < -0.39 is 0 Å². The van der Waals surface area contributed by atoms with E-state index in [9.17, 15) is 0 Å². The zero-order chi connectivity index (χ0) is 11.4. The van der Waals surface area contributed by atoms with Crippen molar-refractivity contribution in [2.24, 2.45) is 5.90 Å². The molecule has 0 saturated heterocycles. The smallest absolute Gasteiger partial charge is 0.130 e. The topological polar surface area (TPSA) is 35.2 Å². The molecule has 2 nitrogen and oxygen atoms in total. The maximum atomic E-state index is 5.38. The van der Waals surface area contributed by atoms with Crippen LogP contribution < -0.4 is 5.90 Å². The van der Waals surface area contributed by atoms with Crippen molar-refractivity contribution in [3.63, 3.8) is 0 Å². The second kappa shape index (κ2) is 5.25. The van der Waals surface area contributed by atoms with Crippen molar-refractivity contribution < 1.29 is 4.84 Å². The van der Waals surface area contributed by atoms with Gasteiger partial charge in [-0.3, -0.25) is 4.84 Å². The second-order valence-corrected chi connectivity index (χ2v) is 4.30. The number of benzene rings is 2. The van der Waals surface area contributed by atoms with Crippen LogP contribution in [0.15, 0.2) is 59.1 Å². The lowest BCUT2D eigenvalue weighted by Gasteiger charge is -2.16. The molecule has 0 saturated carbocycles. The summed E-state index contributed by atoms with van der Waals surface area (Å²) < 4.78 is 0.995. The van der Waals surface area contributed by atoms with Crippen LogP contribution in [0.4, 0.5) is 0 Å². The molecule has 82 valence electrons. The monoisotopic (exact) mass is 277 g/mol. The lowest BCUT2D eigenvalue weighted by atomic mass is 10.0. The molecule has 0 bridgehead atoms. The van der Waals surface area contributed by atoms with Crippen LogP contribution in [0, 0.1) is 0 Å². The highest BCUT2D eigenvalue weighted by molar-refractivity contribution is 9.10. The Bertz CT molecular complexity index is 458. The summed E-state index contributed by atoms with van der Waals surface area (Å²) >= 11 is 3.50.